The Morgan fingerprint density at radius 1 is 1.15 bits per heavy atom. The highest BCUT2D eigenvalue weighted by molar-refractivity contribution is 6.31. The predicted octanol–water partition coefficient (Wildman–Crippen LogP) is 3.13. The molecule has 0 saturated heterocycles. The highest BCUT2D eigenvalue weighted by atomic mass is 35.5. The van der Waals surface area contributed by atoms with Crippen molar-refractivity contribution in [3.63, 3.8) is 0 Å². The molecular weight excluding hydrogens is 278 g/mol. The molecule has 2 aromatic rings. The minimum atomic E-state index is -0.331. The smallest absolute Gasteiger partial charge is 0.231 e. The van der Waals surface area contributed by atoms with Gasteiger partial charge in [0.25, 0.3) is 0 Å². The van der Waals surface area contributed by atoms with Gasteiger partial charge in [-0.3, -0.25) is 0 Å². The zero-order valence-electron chi connectivity index (χ0n) is 10.9. The molecule has 3 rings (SSSR count). The summed E-state index contributed by atoms with van der Waals surface area (Å²) in [7, 11) is 1.60. The molecule has 0 radical (unpaired) electrons. The van der Waals surface area contributed by atoms with E-state index in [-0.39, 0.29) is 12.8 Å². The van der Waals surface area contributed by atoms with Crippen molar-refractivity contribution < 1.29 is 14.2 Å². The number of halogens is 1. The number of rotatable bonds is 3. The number of benzene rings is 2. The molecule has 1 unspecified atom stereocenters. The average Bonchev–Trinajstić information content (AvgIpc) is 2.93. The third-order valence-electron chi connectivity index (χ3n) is 3.30. The van der Waals surface area contributed by atoms with Gasteiger partial charge < -0.3 is 19.9 Å². The highest BCUT2D eigenvalue weighted by Crippen LogP contribution is 2.36. The quantitative estimate of drug-likeness (QED) is 0.944. The first kappa shape index (κ1) is 13.1. The third kappa shape index (κ3) is 2.28. The molecule has 0 fully saturated rings. The largest absolute Gasteiger partial charge is 0.497 e. The van der Waals surface area contributed by atoms with Gasteiger partial charge in [-0.1, -0.05) is 23.7 Å². The Balaban J connectivity index is 1.94. The predicted molar refractivity (Wildman–Crippen MR) is 76.6 cm³/mol. The van der Waals surface area contributed by atoms with Crippen LogP contribution in [0.3, 0.4) is 0 Å². The first-order valence-corrected chi connectivity index (χ1v) is 6.55. The maximum Gasteiger partial charge on any atom is 0.231 e. The fourth-order valence-corrected chi connectivity index (χ4v) is 2.46. The molecule has 2 aromatic carbocycles. The second-order valence-corrected chi connectivity index (χ2v) is 4.89. The standard InChI is InChI=1S/C15H14ClNO3/c1-18-10-3-4-11(12(16)7-10)15(17)9-2-5-13-14(6-9)20-8-19-13/h2-7,15H,8,17H2,1H3. The molecule has 5 heteroatoms. The van der Waals surface area contributed by atoms with Crippen LogP contribution in [-0.2, 0) is 0 Å². The van der Waals surface area contributed by atoms with Crippen molar-refractivity contribution in [2.24, 2.45) is 5.73 Å². The topological polar surface area (TPSA) is 53.7 Å². The molecular formula is C15H14ClNO3. The van der Waals surface area contributed by atoms with Crippen LogP contribution in [-0.4, -0.2) is 13.9 Å². The monoisotopic (exact) mass is 291 g/mol. The van der Waals surface area contributed by atoms with Gasteiger partial charge in [0.2, 0.25) is 6.79 Å². The number of ether oxygens (including phenoxy) is 3. The Morgan fingerprint density at radius 3 is 2.70 bits per heavy atom. The fraction of sp³-hybridized carbons (Fsp3) is 0.200. The lowest BCUT2D eigenvalue weighted by atomic mass is 9.99. The maximum absolute atomic E-state index is 6.28. The SMILES string of the molecule is COc1ccc(C(N)c2ccc3c(c2)OCO3)c(Cl)c1. The van der Waals surface area contributed by atoms with Gasteiger partial charge >= 0.3 is 0 Å². The van der Waals surface area contributed by atoms with Gasteiger partial charge in [-0.2, -0.15) is 0 Å². The van der Waals surface area contributed by atoms with Crippen LogP contribution in [0.25, 0.3) is 0 Å². The lowest BCUT2D eigenvalue weighted by Gasteiger charge is -2.15. The van der Waals surface area contributed by atoms with Crippen molar-refractivity contribution >= 4 is 11.6 Å². The van der Waals surface area contributed by atoms with E-state index in [1.54, 1.807) is 13.2 Å². The van der Waals surface area contributed by atoms with Crippen molar-refractivity contribution in [2.75, 3.05) is 13.9 Å². The summed E-state index contributed by atoms with van der Waals surface area (Å²) in [6.07, 6.45) is 0. The van der Waals surface area contributed by atoms with Gasteiger partial charge in [0.1, 0.15) is 5.75 Å². The normalized spacial score (nSPS) is 14.2. The van der Waals surface area contributed by atoms with Crippen molar-refractivity contribution in [3.05, 3.63) is 52.5 Å². The zero-order chi connectivity index (χ0) is 14.1. The molecule has 0 bridgehead atoms. The van der Waals surface area contributed by atoms with E-state index in [2.05, 4.69) is 0 Å². The van der Waals surface area contributed by atoms with Gasteiger partial charge in [0.15, 0.2) is 11.5 Å². The Morgan fingerprint density at radius 2 is 1.95 bits per heavy atom. The second kappa shape index (κ2) is 5.23. The maximum atomic E-state index is 6.28. The van der Waals surface area contributed by atoms with Crippen LogP contribution >= 0.6 is 11.6 Å². The van der Waals surface area contributed by atoms with Crippen LogP contribution in [0.1, 0.15) is 17.2 Å². The van der Waals surface area contributed by atoms with Gasteiger partial charge in [-0.25, -0.2) is 0 Å². The van der Waals surface area contributed by atoms with E-state index in [4.69, 9.17) is 31.5 Å². The van der Waals surface area contributed by atoms with E-state index in [1.165, 1.54) is 0 Å². The van der Waals surface area contributed by atoms with Crippen molar-refractivity contribution in [1.82, 2.24) is 0 Å². The Kier molecular flexibility index (Phi) is 3.42. The van der Waals surface area contributed by atoms with E-state index < -0.39 is 0 Å². The van der Waals surface area contributed by atoms with Gasteiger partial charge in [0, 0.05) is 5.02 Å². The summed E-state index contributed by atoms with van der Waals surface area (Å²) in [6, 6.07) is 10.8. The van der Waals surface area contributed by atoms with Crippen molar-refractivity contribution in [1.29, 1.82) is 0 Å². The molecule has 1 aliphatic rings. The number of hydrogen-bond donors (Lipinski definition) is 1. The van der Waals surface area contributed by atoms with Crippen LogP contribution in [0.15, 0.2) is 36.4 Å². The molecule has 104 valence electrons. The van der Waals surface area contributed by atoms with E-state index in [1.807, 2.05) is 30.3 Å². The fourth-order valence-electron chi connectivity index (χ4n) is 2.17. The lowest BCUT2D eigenvalue weighted by molar-refractivity contribution is 0.174. The molecule has 1 aliphatic heterocycles. The van der Waals surface area contributed by atoms with Crippen LogP contribution < -0.4 is 19.9 Å². The van der Waals surface area contributed by atoms with E-state index in [0.29, 0.717) is 16.5 Å². The van der Waals surface area contributed by atoms with E-state index >= 15 is 0 Å². The lowest BCUT2D eigenvalue weighted by Crippen LogP contribution is -2.12. The summed E-state index contributed by atoms with van der Waals surface area (Å²) in [6.45, 7) is 0.247. The molecule has 0 saturated carbocycles. The minimum absolute atomic E-state index is 0.247. The van der Waals surface area contributed by atoms with Gasteiger partial charge in [0.05, 0.1) is 13.2 Å². The number of fused-ring (bicyclic) bond motifs is 1. The summed E-state index contributed by atoms with van der Waals surface area (Å²) in [4.78, 5) is 0. The van der Waals surface area contributed by atoms with Crippen LogP contribution in [0, 0.1) is 0 Å². The Bertz CT molecular complexity index is 645. The molecule has 0 aromatic heterocycles. The van der Waals surface area contributed by atoms with Crippen molar-refractivity contribution in [3.8, 4) is 17.2 Å². The summed E-state index contributed by atoms with van der Waals surface area (Å²) < 4.78 is 15.8. The highest BCUT2D eigenvalue weighted by Gasteiger charge is 2.18. The molecule has 20 heavy (non-hydrogen) atoms. The molecule has 4 nitrogen and oxygen atoms in total. The third-order valence-corrected chi connectivity index (χ3v) is 3.63. The van der Waals surface area contributed by atoms with Gasteiger partial charge in [-0.05, 0) is 35.4 Å². The molecule has 0 aliphatic carbocycles. The molecule has 1 heterocycles. The Labute approximate surface area is 122 Å². The molecule has 0 spiro atoms. The van der Waals surface area contributed by atoms with Gasteiger partial charge in [-0.15, -0.1) is 0 Å². The summed E-state index contributed by atoms with van der Waals surface area (Å²) >= 11 is 6.25. The minimum Gasteiger partial charge on any atom is -0.497 e. The van der Waals surface area contributed by atoms with E-state index in [0.717, 1.165) is 16.9 Å². The van der Waals surface area contributed by atoms with Crippen LogP contribution in [0.2, 0.25) is 5.02 Å². The number of nitrogens with two attached hydrogens (primary N) is 1. The zero-order valence-corrected chi connectivity index (χ0v) is 11.7. The molecule has 2 N–H and O–H groups in total. The van der Waals surface area contributed by atoms with E-state index in [9.17, 15) is 0 Å². The second-order valence-electron chi connectivity index (χ2n) is 4.48. The van der Waals surface area contributed by atoms with Crippen LogP contribution in [0.4, 0.5) is 0 Å². The first-order valence-electron chi connectivity index (χ1n) is 6.17. The summed E-state index contributed by atoms with van der Waals surface area (Å²) in [5, 5.41) is 0.578. The number of methoxy groups -OCH3 is 1. The average molecular weight is 292 g/mol. The van der Waals surface area contributed by atoms with Crippen LogP contribution in [0.5, 0.6) is 17.2 Å². The molecule has 0 amide bonds. The van der Waals surface area contributed by atoms with Crippen molar-refractivity contribution in [2.45, 2.75) is 6.04 Å². The summed E-state index contributed by atoms with van der Waals surface area (Å²) in [5.41, 5.74) is 8.04. The Hall–Kier alpha value is -1.91. The molecule has 1 atom stereocenters. The number of hydrogen-bond acceptors (Lipinski definition) is 4. The summed E-state index contributed by atoms with van der Waals surface area (Å²) in [5.74, 6) is 2.15. The first-order chi connectivity index (χ1) is 9.69.